The minimum Gasteiger partial charge on any atom is -0.395 e. The maximum atomic E-state index is 11.1. The molecule has 10 heteroatoms. The van der Waals surface area contributed by atoms with Gasteiger partial charge in [-0.3, -0.25) is 9.45 Å². The predicted octanol–water partition coefficient (Wildman–Crippen LogP) is 0.742. The highest BCUT2D eigenvalue weighted by atomic mass is 32.2. The standard InChI is InChI=1S/C13H10N2O3S.C6H15NO3/c16-19(17,18)10-6-7-11-12(8-10)15-13(14-11)9-4-2-1-3-5-9;8-4-1-7(2-5-9)3-6-10/h1-8H,(H,14,15)(H,16,17,18);8-10H,1-6H2. The van der Waals surface area contributed by atoms with E-state index in [9.17, 15) is 8.42 Å². The van der Waals surface area contributed by atoms with Crippen LogP contribution in [0.25, 0.3) is 22.4 Å². The number of nitrogens with zero attached hydrogens (tertiary/aromatic N) is 2. The molecule has 0 atom stereocenters. The Morgan fingerprint density at radius 3 is 2.00 bits per heavy atom. The van der Waals surface area contributed by atoms with Crippen molar-refractivity contribution in [1.82, 2.24) is 14.9 Å². The second-order valence-electron chi connectivity index (χ2n) is 6.12. The van der Waals surface area contributed by atoms with Gasteiger partial charge in [0.15, 0.2) is 0 Å². The summed E-state index contributed by atoms with van der Waals surface area (Å²) in [7, 11) is -4.20. The first-order chi connectivity index (χ1) is 13.9. The lowest BCUT2D eigenvalue weighted by molar-refractivity contribution is 0.136. The van der Waals surface area contributed by atoms with Crippen molar-refractivity contribution in [2.45, 2.75) is 4.90 Å². The molecule has 0 aliphatic rings. The molecule has 1 aromatic heterocycles. The molecule has 0 saturated carbocycles. The molecule has 2 aromatic carbocycles. The molecule has 0 aliphatic heterocycles. The highest BCUT2D eigenvalue weighted by molar-refractivity contribution is 7.85. The van der Waals surface area contributed by atoms with Crippen LogP contribution in [0.5, 0.6) is 0 Å². The molecule has 3 aromatic rings. The zero-order valence-electron chi connectivity index (χ0n) is 15.8. The van der Waals surface area contributed by atoms with Crippen LogP contribution in [0, 0.1) is 0 Å². The van der Waals surface area contributed by atoms with E-state index >= 15 is 0 Å². The van der Waals surface area contributed by atoms with Gasteiger partial charge in [0.1, 0.15) is 5.82 Å². The van der Waals surface area contributed by atoms with Crippen LogP contribution in [0.3, 0.4) is 0 Å². The molecule has 0 bridgehead atoms. The van der Waals surface area contributed by atoms with Gasteiger partial charge in [-0.2, -0.15) is 8.42 Å². The van der Waals surface area contributed by atoms with E-state index in [1.807, 2.05) is 30.3 Å². The van der Waals surface area contributed by atoms with Crippen LogP contribution in [-0.2, 0) is 10.1 Å². The topological polar surface area (TPSA) is 147 Å². The number of benzene rings is 2. The fourth-order valence-corrected chi connectivity index (χ4v) is 3.15. The molecule has 29 heavy (non-hydrogen) atoms. The van der Waals surface area contributed by atoms with Crippen molar-refractivity contribution in [3.05, 3.63) is 48.5 Å². The molecule has 158 valence electrons. The van der Waals surface area contributed by atoms with Gasteiger partial charge in [0, 0.05) is 25.2 Å². The molecule has 9 nitrogen and oxygen atoms in total. The number of aromatic nitrogens is 2. The molecule has 0 aliphatic carbocycles. The Balaban J connectivity index is 0.000000257. The molecule has 0 unspecified atom stereocenters. The van der Waals surface area contributed by atoms with Crippen molar-refractivity contribution >= 4 is 21.2 Å². The monoisotopic (exact) mass is 423 g/mol. The highest BCUT2D eigenvalue weighted by Crippen LogP contribution is 2.22. The van der Waals surface area contributed by atoms with E-state index in [2.05, 4.69) is 9.97 Å². The smallest absolute Gasteiger partial charge is 0.294 e. The molecule has 0 saturated heterocycles. The summed E-state index contributed by atoms with van der Waals surface area (Å²) in [5.41, 5.74) is 2.12. The number of imidazole rings is 1. The third kappa shape index (κ3) is 6.89. The molecule has 5 N–H and O–H groups in total. The van der Waals surface area contributed by atoms with Crippen LogP contribution >= 0.6 is 0 Å². The van der Waals surface area contributed by atoms with Gasteiger partial charge in [0.2, 0.25) is 0 Å². The van der Waals surface area contributed by atoms with Crippen molar-refractivity contribution in [3.8, 4) is 11.4 Å². The molecule has 0 fully saturated rings. The summed E-state index contributed by atoms with van der Waals surface area (Å²) in [4.78, 5) is 9.05. The van der Waals surface area contributed by atoms with Crippen molar-refractivity contribution in [3.63, 3.8) is 0 Å². The minimum absolute atomic E-state index is 0.0694. The minimum atomic E-state index is -4.20. The van der Waals surface area contributed by atoms with E-state index < -0.39 is 10.1 Å². The van der Waals surface area contributed by atoms with Crippen LogP contribution in [0.2, 0.25) is 0 Å². The average Bonchev–Trinajstić information content (AvgIpc) is 3.13. The van der Waals surface area contributed by atoms with Crippen molar-refractivity contribution in [2.75, 3.05) is 39.5 Å². The Hall–Kier alpha value is -2.34. The summed E-state index contributed by atoms with van der Waals surface area (Å²) in [5.74, 6) is 0.656. The summed E-state index contributed by atoms with van der Waals surface area (Å²) in [6.45, 7) is 1.75. The molecular formula is C19H25N3O6S. The van der Waals surface area contributed by atoms with Gasteiger partial charge in [-0.05, 0) is 18.2 Å². The van der Waals surface area contributed by atoms with Gasteiger partial charge >= 0.3 is 0 Å². The largest absolute Gasteiger partial charge is 0.395 e. The molecule has 3 rings (SSSR count). The number of aliphatic hydroxyl groups excluding tert-OH is 3. The lowest BCUT2D eigenvalue weighted by Gasteiger charge is -2.17. The second-order valence-corrected chi connectivity index (χ2v) is 7.54. The Bertz CT molecular complexity index is 977. The number of aromatic amines is 1. The fourth-order valence-electron chi connectivity index (χ4n) is 2.64. The predicted molar refractivity (Wildman–Crippen MR) is 109 cm³/mol. The Kier molecular flexibility index (Phi) is 8.70. The molecule has 0 radical (unpaired) electrons. The third-order valence-corrected chi connectivity index (χ3v) is 4.90. The summed E-state index contributed by atoms with van der Waals surface area (Å²) in [5, 5.41) is 25.5. The fraction of sp³-hybridized carbons (Fsp3) is 0.316. The molecule has 1 heterocycles. The first-order valence-corrected chi connectivity index (χ1v) is 10.4. The van der Waals surface area contributed by atoms with Gasteiger partial charge < -0.3 is 20.3 Å². The Morgan fingerprint density at radius 1 is 0.897 bits per heavy atom. The van der Waals surface area contributed by atoms with E-state index in [0.29, 0.717) is 36.5 Å². The lowest BCUT2D eigenvalue weighted by atomic mass is 10.2. The number of rotatable bonds is 8. The van der Waals surface area contributed by atoms with Gasteiger partial charge in [-0.1, -0.05) is 30.3 Å². The average molecular weight is 423 g/mol. The van der Waals surface area contributed by atoms with Crippen LogP contribution in [0.1, 0.15) is 0 Å². The summed E-state index contributed by atoms with van der Waals surface area (Å²) in [6.07, 6.45) is 0. The SMILES string of the molecule is O=S(=O)(O)c1ccc2nc(-c3ccccc3)[nH]c2c1.OCCN(CCO)CCO. The van der Waals surface area contributed by atoms with E-state index in [-0.39, 0.29) is 24.7 Å². The van der Waals surface area contributed by atoms with E-state index in [1.54, 1.807) is 11.0 Å². The van der Waals surface area contributed by atoms with E-state index in [0.717, 1.165) is 5.56 Å². The number of fused-ring (bicyclic) bond motifs is 1. The third-order valence-electron chi connectivity index (χ3n) is 4.05. The van der Waals surface area contributed by atoms with Crippen LogP contribution < -0.4 is 0 Å². The van der Waals surface area contributed by atoms with Crippen molar-refractivity contribution in [1.29, 1.82) is 0 Å². The van der Waals surface area contributed by atoms with Gasteiger partial charge in [-0.15, -0.1) is 0 Å². The van der Waals surface area contributed by atoms with E-state index in [1.165, 1.54) is 12.1 Å². The number of aliphatic hydroxyl groups is 3. The van der Waals surface area contributed by atoms with Crippen LogP contribution in [-0.4, -0.2) is 82.6 Å². The summed E-state index contributed by atoms with van der Waals surface area (Å²) >= 11 is 0. The highest BCUT2D eigenvalue weighted by Gasteiger charge is 2.12. The first kappa shape index (κ1) is 22.9. The number of hydrogen-bond donors (Lipinski definition) is 5. The van der Waals surface area contributed by atoms with Gasteiger partial charge in [-0.25, -0.2) is 4.98 Å². The second kappa shape index (κ2) is 11.0. The van der Waals surface area contributed by atoms with Crippen molar-refractivity contribution in [2.24, 2.45) is 0 Å². The van der Waals surface area contributed by atoms with Crippen LogP contribution in [0.15, 0.2) is 53.4 Å². The number of nitrogens with one attached hydrogen (secondary N) is 1. The Morgan fingerprint density at radius 2 is 1.48 bits per heavy atom. The van der Waals surface area contributed by atoms with E-state index in [4.69, 9.17) is 19.9 Å². The number of hydrogen-bond acceptors (Lipinski definition) is 7. The maximum Gasteiger partial charge on any atom is 0.294 e. The first-order valence-electron chi connectivity index (χ1n) is 8.96. The normalized spacial score (nSPS) is 11.5. The molecule has 0 spiro atoms. The molecule has 0 amide bonds. The number of H-pyrrole nitrogens is 1. The summed E-state index contributed by atoms with van der Waals surface area (Å²) in [6, 6.07) is 13.8. The quantitative estimate of drug-likeness (QED) is 0.333. The lowest BCUT2D eigenvalue weighted by Crippen LogP contribution is -2.32. The zero-order valence-corrected chi connectivity index (χ0v) is 16.6. The zero-order chi connectivity index (χ0) is 21.3. The van der Waals surface area contributed by atoms with Gasteiger partial charge in [0.05, 0.1) is 35.7 Å². The Labute approximate surface area is 169 Å². The van der Waals surface area contributed by atoms with Crippen LogP contribution in [0.4, 0.5) is 0 Å². The molecular weight excluding hydrogens is 398 g/mol. The summed E-state index contributed by atoms with van der Waals surface area (Å²) < 4.78 is 31.2. The maximum absolute atomic E-state index is 11.1. The van der Waals surface area contributed by atoms with Gasteiger partial charge in [0.25, 0.3) is 10.1 Å². The van der Waals surface area contributed by atoms with Crippen molar-refractivity contribution < 1.29 is 28.3 Å².